The summed E-state index contributed by atoms with van der Waals surface area (Å²) in [5.74, 6) is -0.954. The summed E-state index contributed by atoms with van der Waals surface area (Å²) >= 11 is 4.89. The minimum Gasteiger partial charge on any atom is -0.481 e. The second-order valence-electron chi connectivity index (χ2n) is 5.57. The Balaban J connectivity index is 2.59. The summed E-state index contributed by atoms with van der Waals surface area (Å²) in [6.07, 6.45) is 0. The monoisotopic (exact) mass is 362 g/mol. The lowest BCUT2D eigenvalue weighted by Gasteiger charge is -2.38. The summed E-state index contributed by atoms with van der Waals surface area (Å²) in [4.78, 5) is 24.2. The highest BCUT2D eigenvalue weighted by Crippen LogP contribution is 2.30. The van der Waals surface area contributed by atoms with Gasteiger partial charge in [0, 0.05) is 4.88 Å². The third kappa shape index (κ3) is 3.96. The molecule has 0 aliphatic rings. The number of urea groups is 1. The van der Waals surface area contributed by atoms with Crippen molar-refractivity contribution in [2.45, 2.75) is 39.8 Å². The minimum atomic E-state index is -1.07. The number of carboxylic acid groups (broad SMARTS) is 1. The maximum atomic E-state index is 11.9. The van der Waals surface area contributed by atoms with Crippen molar-refractivity contribution in [3.05, 3.63) is 20.8 Å². The zero-order valence-corrected chi connectivity index (χ0v) is 14.3. The molecule has 1 aromatic rings. The van der Waals surface area contributed by atoms with E-state index in [1.54, 1.807) is 27.7 Å². The standard InChI is InChI=1S/C13H19BrN2O3S/c1-12(2,10(17)18)13(3,4)16-11(19)15-7-8-5-6-9(14)20-8/h5-6H,7H2,1-4H3,(H,17,18)(H2,15,16,19). The van der Waals surface area contributed by atoms with Crippen molar-refractivity contribution < 1.29 is 14.7 Å². The van der Waals surface area contributed by atoms with Crippen LogP contribution in [0, 0.1) is 5.41 Å². The lowest BCUT2D eigenvalue weighted by molar-refractivity contribution is -0.150. The van der Waals surface area contributed by atoms with Crippen LogP contribution in [0.25, 0.3) is 0 Å². The van der Waals surface area contributed by atoms with Gasteiger partial charge in [0.2, 0.25) is 0 Å². The first-order valence-corrected chi connectivity index (χ1v) is 7.71. The molecule has 2 amide bonds. The average Bonchev–Trinajstić information content (AvgIpc) is 2.71. The number of carbonyl (C=O) groups is 2. The largest absolute Gasteiger partial charge is 0.481 e. The Kier molecular flexibility index (Phi) is 5.21. The van der Waals surface area contributed by atoms with Gasteiger partial charge in [-0.25, -0.2) is 4.79 Å². The highest BCUT2D eigenvalue weighted by Gasteiger charge is 2.44. The molecule has 0 aliphatic heterocycles. The first-order valence-electron chi connectivity index (χ1n) is 6.10. The van der Waals surface area contributed by atoms with Crippen LogP contribution in [0.4, 0.5) is 4.79 Å². The molecule has 0 unspecified atom stereocenters. The van der Waals surface area contributed by atoms with Crippen LogP contribution in [0.5, 0.6) is 0 Å². The van der Waals surface area contributed by atoms with E-state index in [-0.39, 0.29) is 6.03 Å². The van der Waals surface area contributed by atoms with Crippen molar-refractivity contribution in [3.63, 3.8) is 0 Å². The molecular weight excluding hydrogens is 344 g/mol. The van der Waals surface area contributed by atoms with Gasteiger partial charge in [-0.1, -0.05) is 0 Å². The summed E-state index contributed by atoms with van der Waals surface area (Å²) in [5, 5.41) is 14.7. The zero-order valence-electron chi connectivity index (χ0n) is 11.9. The molecule has 1 aromatic heterocycles. The van der Waals surface area contributed by atoms with Crippen LogP contribution < -0.4 is 10.6 Å². The molecule has 1 heterocycles. The molecule has 0 bridgehead atoms. The Morgan fingerprint density at radius 3 is 2.35 bits per heavy atom. The quantitative estimate of drug-likeness (QED) is 0.752. The van der Waals surface area contributed by atoms with Crippen molar-refractivity contribution in [1.82, 2.24) is 10.6 Å². The normalized spacial score (nSPS) is 12.1. The third-order valence-corrected chi connectivity index (χ3v) is 5.20. The molecule has 3 N–H and O–H groups in total. The molecule has 0 saturated carbocycles. The molecule has 0 spiro atoms. The van der Waals surface area contributed by atoms with E-state index in [1.807, 2.05) is 12.1 Å². The fourth-order valence-corrected chi connectivity index (χ4v) is 2.79. The Morgan fingerprint density at radius 1 is 1.30 bits per heavy atom. The van der Waals surface area contributed by atoms with E-state index >= 15 is 0 Å². The van der Waals surface area contributed by atoms with Gasteiger partial charge in [-0.05, 0) is 55.8 Å². The van der Waals surface area contributed by atoms with Crippen LogP contribution in [0.3, 0.4) is 0 Å². The number of halogens is 1. The van der Waals surface area contributed by atoms with Gasteiger partial charge in [0.25, 0.3) is 0 Å². The Bertz CT molecular complexity index is 511. The minimum absolute atomic E-state index is 0.381. The number of hydrogen-bond donors (Lipinski definition) is 3. The topological polar surface area (TPSA) is 78.4 Å². The number of aliphatic carboxylic acids is 1. The number of carbonyl (C=O) groups excluding carboxylic acids is 1. The molecule has 0 atom stereocenters. The molecule has 7 heteroatoms. The van der Waals surface area contributed by atoms with Gasteiger partial charge in [0.05, 0.1) is 21.3 Å². The number of nitrogens with one attached hydrogen (secondary N) is 2. The molecule has 112 valence electrons. The summed E-state index contributed by atoms with van der Waals surface area (Å²) in [6, 6.07) is 3.45. The van der Waals surface area contributed by atoms with Gasteiger partial charge in [-0.2, -0.15) is 0 Å². The van der Waals surface area contributed by atoms with Gasteiger partial charge in [0.1, 0.15) is 0 Å². The molecule has 20 heavy (non-hydrogen) atoms. The van der Waals surface area contributed by atoms with Crippen LogP contribution in [0.2, 0.25) is 0 Å². The van der Waals surface area contributed by atoms with Crippen molar-refractivity contribution >= 4 is 39.3 Å². The Morgan fingerprint density at radius 2 is 1.90 bits per heavy atom. The predicted molar refractivity (Wildman–Crippen MR) is 82.9 cm³/mol. The SMILES string of the molecule is CC(C)(NC(=O)NCc1ccc(Br)s1)C(C)(C)C(=O)O. The molecule has 5 nitrogen and oxygen atoms in total. The van der Waals surface area contributed by atoms with Crippen LogP contribution in [0.1, 0.15) is 32.6 Å². The number of hydrogen-bond acceptors (Lipinski definition) is 3. The molecule has 0 aliphatic carbocycles. The second kappa shape index (κ2) is 6.13. The first-order chi connectivity index (χ1) is 9.06. The predicted octanol–water partition coefficient (Wildman–Crippen LogP) is 3.20. The van der Waals surface area contributed by atoms with Crippen molar-refractivity contribution in [2.75, 3.05) is 0 Å². The zero-order chi connectivity index (χ0) is 15.6. The highest BCUT2D eigenvalue weighted by atomic mass is 79.9. The van der Waals surface area contributed by atoms with Crippen molar-refractivity contribution in [1.29, 1.82) is 0 Å². The fourth-order valence-electron chi connectivity index (χ4n) is 1.37. The van der Waals surface area contributed by atoms with E-state index in [0.717, 1.165) is 8.66 Å². The molecule has 0 aromatic carbocycles. The second-order valence-corrected chi connectivity index (χ2v) is 8.12. The number of amides is 2. The molecule has 0 fully saturated rings. The van der Waals surface area contributed by atoms with Crippen molar-refractivity contribution in [3.8, 4) is 0 Å². The van der Waals surface area contributed by atoms with Crippen LogP contribution in [-0.2, 0) is 11.3 Å². The number of carboxylic acids is 1. The van der Waals surface area contributed by atoms with E-state index in [9.17, 15) is 14.7 Å². The number of rotatable bonds is 5. The average molecular weight is 363 g/mol. The third-order valence-electron chi connectivity index (χ3n) is 3.58. The van der Waals surface area contributed by atoms with Crippen molar-refractivity contribution in [2.24, 2.45) is 5.41 Å². The summed E-state index contributed by atoms with van der Waals surface area (Å²) < 4.78 is 1.00. The van der Waals surface area contributed by atoms with Crippen LogP contribution in [-0.4, -0.2) is 22.6 Å². The summed E-state index contributed by atoms with van der Waals surface area (Å²) in [6.45, 7) is 6.98. The highest BCUT2D eigenvalue weighted by molar-refractivity contribution is 9.11. The molecule has 0 radical (unpaired) electrons. The van der Waals surface area contributed by atoms with Gasteiger partial charge < -0.3 is 15.7 Å². The van der Waals surface area contributed by atoms with Gasteiger partial charge in [-0.3, -0.25) is 4.79 Å². The fraction of sp³-hybridized carbons (Fsp3) is 0.538. The smallest absolute Gasteiger partial charge is 0.315 e. The maximum absolute atomic E-state index is 11.9. The lowest BCUT2D eigenvalue weighted by atomic mass is 9.74. The number of thiophene rings is 1. The van der Waals surface area contributed by atoms with Gasteiger partial charge >= 0.3 is 12.0 Å². The maximum Gasteiger partial charge on any atom is 0.315 e. The Labute approximate surface area is 130 Å². The van der Waals surface area contributed by atoms with E-state index < -0.39 is 16.9 Å². The molecule has 0 saturated heterocycles. The van der Waals surface area contributed by atoms with Gasteiger partial charge in [-0.15, -0.1) is 11.3 Å². The van der Waals surface area contributed by atoms with E-state index in [4.69, 9.17) is 0 Å². The van der Waals surface area contributed by atoms with Gasteiger partial charge in [0.15, 0.2) is 0 Å². The van der Waals surface area contributed by atoms with Crippen LogP contribution in [0.15, 0.2) is 15.9 Å². The lowest BCUT2D eigenvalue weighted by Crippen LogP contribution is -2.58. The molecule has 1 rings (SSSR count). The van der Waals surface area contributed by atoms with E-state index in [0.29, 0.717) is 6.54 Å². The van der Waals surface area contributed by atoms with Crippen LogP contribution >= 0.6 is 27.3 Å². The van der Waals surface area contributed by atoms with E-state index in [2.05, 4.69) is 26.6 Å². The first kappa shape index (κ1) is 17.0. The Hall–Kier alpha value is -1.08. The van der Waals surface area contributed by atoms with E-state index in [1.165, 1.54) is 11.3 Å². The summed E-state index contributed by atoms with van der Waals surface area (Å²) in [5.41, 5.74) is -1.95. The summed E-state index contributed by atoms with van der Waals surface area (Å²) in [7, 11) is 0. The molecular formula is C13H19BrN2O3S.